The van der Waals surface area contributed by atoms with Gasteiger partial charge in [-0.15, -0.1) is 22.7 Å². The molecule has 0 saturated carbocycles. The van der Waals surface area contributed by atoms with Gasteiger partial charge in [-0.05, 0) is 85.1 Å². The van der Waals surface area contributed by atoms with E-state index in [2.05, 4.69) is 19.4 Å². The number of sulfonamides is 2. The van der Waals surface area contributed by atoms with Gasteiger partial charge in [-0.1, -0.05) is 93.2 Å². The summed E-state index contributed by atoms with van der Waals surface area (Å²) in [6, 6.07) is 41.4. The molecule has 65 heavy (non-hydrogen) atoms. The number of oxazole rings is 1. The molecule has 17 heteroatoms. The minimum absolute atomic E-state index is 0. The Balaban J connectivity index is 0.000000237. The fourth-order valence-electron chi connectivity index (χ4n) is 5.69. The van der Waals surface area contributed by atoms with Crippen LogP contribution in [-0.2, 0) is 33.1 Å². The number of benzene rings is 5. The number of aromatic nitrogens is 2. The highest BCUT2D eigenvalue weighted by Gasteiger charge is 2.21. The number of hydrogen-bond donors (Lipinski definition) is 2. The highest BCUT2D eigenvalue weighted by atomic mass is 32.2. The number of rotatable bonds is 15. The van der Waals surface area contributed by atoms with Crippen LogP contribution < -0.4 is 18.9 Å². The molecule has 2 amide bonds. The van der Waals surface area contributed by atoms with Crippen LogP contribution in [-0.4, -0.2) is 45.2 Å². The molecule has 2 N–H and O–H groups in total. The van der Waals surface area contributed by atoms with Crippen molar-refractivity contribution >= 4 is 54.5 Å². The molecule has 0 fully saturated rings. The number of thiophene rings is 1. The van der Waals surface area contributed by atoms with Gasteiger partial charge < -0.3 is 13.9 Å². The molecular weight excluding hydrogens is 905 g/mol. The Morgan fingerprint density at radius 3 is 1.97 bits per heavy atom. The second-order valence-corrected chi connectivity index (χ2v) is 19.0. The van der Waals surface area contributed by atoms with Crippen LogP contribution in [0.15, 0.2) is 176 Å². The molecule has 0 aliphatic heterocycles. The number of nitrogens with one attached hydrogen (secondary N) is 2. The third kappa shape index (κ3) is 13.5. The maximum Gasteiger partial charge on any atom is 0.273 e. The predicted octanol–water partition coefficient (Wildman–Crippen LogP) is 10.2. The molecule has 13 nitrogen and oxygen atoms in total. The van der Waals surface area contributed by atoms with Gasteiger partial charge in [0.2, 0.25) is 5.89 Å². The van der Waals surface area contributed by atoms with E-state index in [1.54, 1.807) is 54.1 Å². The average Bonchev–Trinajstić information content (AvgIpc) is 4.11. The molecule has 8 aromatic rings. The highest BCUT2D eigenvalue weighted by Crippen LogP contribution is 2.25. The van der Waals surface area contributed by atoms with Crippen molar-refractivity contribution in [3.8, 4) is 33.5 Å². The van der Waals surface area contributed by atoms with Crippen molar-refractivity contribution in [1.29, 1.82) is 0 Å². The average molecular weight is 951 g/mol. The van der Waals surface area contributed by atoms with E-state index in [0.29, 0.717) is 30.4 Å². The van der Waals surface area contributed by atoms with Crippen LogP contribution >= 0.6 is 22.7 Å². The summed E-state index contributed by atoms with van der Waals surface area (Å²) in [4.78, 5) is 33.8. The van der Waals surface area contributed by atoms with Gasteiger partial charge in [0.1, 0.15) is 33.6 Å². The Morgan fingerprint density at radius 2 is 1.29 bits per heavy atom. The minimum atomic E-state index is -3.97. The van der Waals surface area contributed by atoms with Gasteiger partial charge in [0.25, 0.3) is 31.9 Å². The molecule has 3 aromatic heterocycles. The smallest absolute Gasteiger partial charge is 0.273 e. The van der Waals surface area contributed by atoms with E-state index in [1.807, 2.05) is 73.0 Å². The van der Waals surface area contributed by atoms with Crippen molar-refractivity contribution in [2.24, 2.45) is 0 Å². The predicted molar refractivity (Wildman–Crippen MR) is 254 cm³/mol. The van der Waals surface area contributed by atoms with Gasteiger partial charge >= 0.3 is 0 Å². The summed E-state index contributed by atoms with van der Waals surface area (Å²) in [6.45, 7) is 2.46. The van der Waals surface area contributed by atoms with Crippen molar-refractivity contribution in [2.75, 3.05) is 6.61 Å². The van der Waals surface area contributed by atoms with E-state index in [4.69, 9.17) is 13.9 Å². The summed E-state index contributed by atoms with van der Waals surface area (Å²) in [5.41, 5.74) is 4.81. The van der Waals surface area contributed by atoms with E-state index in [-0.39, 0.29) is 41.7 Å². The fraction of sp³-hybridized carbons (Fsp3) is 0.125. The first-order valence-corrected chi connectivity index (χ1v) is 23.8. The van der Waals surface area contributed by atoms with Crippen molar-refractivity contribution in [2.45, 2.75) is 43.9 Å². The lowest BCUT2D eigenvalue weighted by Gasteiger charge is -2.09. The number of amides is 2. The minimum Gasteiger partial charge on any atom is -0.493 e. The van der Waals surface area contributed by atoms with E-state index in [1.165, 1.54) is 53.8 Å². The number of nitrogens with zero attached hydrogens (tertiary/aromatic N) is 2. The van der Waals surface area contributed by atoms with Crippen LogP contribution in [0.2, 0.25) is 0 Å². The van der Waals surface area contributed by atoms with Gasteiger partial charge in [-0.25, -0.2) is 36.2 Å². The van der Waals surface area contributed by atoms with Gasteiger partial charge in [-0.3, -0.25) is 9.59 Å². The Kier molecular flexibility index (Phi) is 17.1. The zero-order chi connectivity index (χ0) is 44.2. The number of hydrogen-bond acceptors (Lipinski definition) is 13. The molecule has 0 saturated heterocycles. The van der Waals surface area contributed by atoms with Crippen LogP contribution in [0.1, 0.15) is 52.5 Å². The highest BCUT2D eigenvalue weighted by molar-refractivity contribution is 7.92. The lowest BCUT2D eigenvalue weighted by Crippen LogP contribution is -2.30. The van der Waals surface area contributed by atoms with E-state index >= 15 is 0 Å². The molecule has 0 atom stereocenters. The molecule has 8 rings (SSSR count). The Bertz CT molecular complexity index is 2990. The molecule has 0 aliphatic rings. The maximum absolute atomic E-state index is 12.5. The summed E-state index contributed by atoms with van der Waals surface area (Å²) < 4.78 is 70.5. The molecule has 3 heterocycles. The summed E-state index contributed by atoms with van der Waals surface area (Å²) >= 11 is 2.57. The fourth-order valence-corrected chi connectivity index (χ4v) is 9.44. The maximum atomic E-state index is 12.5. The van der Waals surface area contributed by atoms with Crippen LogP contribution in [0.3, 0.4) is 0 Å². The summed E-state index contributed by atoms with van der Waals surface area (Å²) in [7, 11) is -7.83. The topological polar surface area (TPSA) is 184 Å². The molecular formula is C48H46N4O9S4. The number of thiazole rings is 1. The van der Waals surface area contributed by atoms with Crippen molar-refractivity contribution in [3.63, 3.8) is 0 Å². The lowest BCUT2D eigenvalue weighted by atomic mass is 10.2. The van der Waals surface area contributed by atoms with Crippen LogP contribution in [0.5, 0.6) is 11.5 Å². The van der Waals surface area contributed by atoms with Gasteiger partial charge in [0.15, 0.2) is 0 Å². The van der Waals surface area contributed by atoms with E-state index < -0.39 is 31.9 Å². The number of ether oxygens (including phenoxy) is 2. The summed E-state index contributed by atoms with van der Waals surface area (Å²) in [6.07, 6.45) is 2.16. The molecule has 0 unspecified atom stereocenters. The van der Waals surface area contributed by atoms with Crippen LogP contribution in [0.4, 0.5) is 0 Å². The molecule has 0 bridgehead atoms. The molecule has 0 radical (unpaired) electrons. The van der Waals surface area contributed by atoms with E-state index in [0.717, 1.165) is 44.4 Å². The Hall–Kier alpha value is -6.92. The Morgan fingerprint density at radius 1 is 0.631 bits per heavy atom. The molecule has 336 valence electrons. The second-order valence-electron chi connectivity index (χ2n) is 13.6. The molecule has 5 aromatic carbocycles. The zero-order valence-electron chi connectivity index (χ0n) is 33.4. The van der Waals surface area contributed by atoms with Crippen LogP contribution in [0, 0.1) is 6.92 Å². The SMILES string of the molecule is C.C.Cc1ccc(S(=O)(=O)NC(=O)c2cccc(OCc3csc(-c4ccccc4)n3)c2)cc1.O=C(NS(=O)(=O)c1cccs1)c1ccc(OCCc2coc(-c3ccccc3)n2)cc1. The largest absolute Gasteiger partial charge is 0.493 e. The monoisotopic (exact) mass is 950 g/mol. The number of carbonyl (C=O) groups is 2. The first-order valence-electron chi connectivity index (χ1n) is 19.1. The van der Waals surface area contributed by atoms with Crippen LogP contribution in [0.25, 0.3) is 22.0 Å². The third-order valence-electron chi connectivity index (χ3n) is 8.92. The molecule has 0 aliphatic carbocycles. The summed E-state index contributed by atoms with van der Waals surface area (Å²) in [5.74, 6) is 0.139. The summed E-state index contributed by atoms with van der Waals surface area (Å²) in [5, 5.41) is 4.46. The quantitative estimate of drug-likeness (QED) is 0.0997. The second kappa shape index (κ2) is 22.6. The van der Waals surface area contributed by atoms with Crippen molar-refractivity contribution in [3.05, 3.63) is 191 Å². The van der Waals surface area contributed by atoms with Crippen molar-refractivity contribution < 1.29 is 40.3 Å². The first-order chi connectivity index (χ1) is 30.4. The standard InChI is InChI=1S/C24H20N2O4S2.C22H18N2O5S2.2CH4/c1-17-10-12-22(13-11-17)32(28,29)26-23(27)19-8-5-9-21(14-19)30-15-20-16-31-24(25-20)18-6-3-2-4-7-18;25-21(24-31(26,27)20-7-4-14-30-20)16-8-10-19(11-9-16)28-13-12-18-15-29-22(23-18)17-5-2-1-3-6-17;;/h2-14,16H,15H2,1H3,(H,26,27);1-11,14-15H,12-13H2,(H,24,25);2*1H4. The third-order valence-corrected chi connectivity index (χ3v) is 13.9. The normalized spacial score (nSPS) is 10.8. The van der Waals surface area contributed by atoms with Gasteiger partial charge in [0, 0.05) is 34.1 Å². The molecule has 0 spiro atoms. The first kappa shape index (κ1) is 49.1. The Labute approximate surface area is 386 Å². The van der Waals surface area contributed by atoms with Gasteiger partial charge in [-0.2, -0.15) is 0 Å². The van der Waals surface area contributed by atoms with Crippen molar-refractivity contribution in [1.82, 2.24) is 19.4 Å². The number of aryl methyl sites for hydroxylation is 1. The zero-order valence-corrected chi connectivity index (χ0v) is 36.7. The lowest BCUT2D eigenvalue weighted by molar-refractivity contribution is 0.0972. The number of carbonyl (C=O) groups excluding carboxylic acids is 2. The van der Waals surface area contributed by atoms with Gasteiger partial charge in [0.05, 0.1) is 22.9 Å². The van der Waals surface area contributed by atoms with E-state index in [9.17, 15) is 26.4 Å².